The molecule has 1 aliphatic rings. The summed E-state index contributed by atoms with van der Waals surface area (Å²) in [7, 11) is 0. The van der Waals surface area contributed by atoms with E-state index in [1.807, 2.05) is 24.4 Å². The quantitative estimate of drug-likeness (QED) is 0.414. The smallest absolute Gasteiger partial charge is 0.310 e. The Hall–Kier alpha value is -2.97. The van der Waals surface area contributed by atoms with Gasteiger partial charge in [-0.25, -0.2) is 9.97 Å². The van der Waals surface area contributed by atoms with E-state index < -0.39 is 0 Å². The Kier molecular flexibility index (Phi) is 5.80. The zero-order valence-corrected chi connectivity index (χ0v) is 18.7. The Labute approximate surface area is 186 Å². The van der Waals surface area contributed by atoms with Crippen molar-refractivity contribution in [2.75, 3.05) is 32.8 Å². The van der Waals surface area contributed by atoms with Gasteiger partial charge in [0, 0.05) is 45.2 Å². The predicted octanol–water partition coefficient (Wildman–Crippen LogP) is 3.44. The second-order valence-electron chi connectivity index (χ2n) is 8.16. The highest BCUT2D eigenvalue weighted by Crippen LogP contribution is 2.34. The van der Waals surface area contributed by atoms with E-state index in [-0.39, 0.29) is 5.97 Å². The number of carbonyl (C=O) groups is 1. The van der Waals surface area contributed by atoms with Crippen LogP contribution in [0.1, 0.15) is 32.5 Å². The van der Waals surface area contributed by atoms with Crippen LogP contribution in [0.15, 0.2) is 30.5 Å². The molecule has 0 bridgehead atoms. The van der Waals surface area contributed by atoms with Gasteiger partial charge in [-0.2, -0.15) is 0 Å². The molecule has 0 radical (unpaired) electrons. The van der Waals surface area contributed by atoms with Crippen molar-refractivity contribution in [1.29, 1.82) is 0 Å². The molecule has 4 aromatic rings. The maximum Gasteiger partial charge on any atom is 0.310 e. The third-order valence-corrected chi connectivity index (χ3v) is 6.10. The molecule has 0 aliphatic carbocycles. The molecule has 0 amide bonds. The van der Waals surface area contributed by atoms with Gasteiger partial charge in [-0.3, -0.25) is 14.1 Å². The van der Waals surface area contributed by atoms with Gasteiger partial charge in [-0.15, -0.1) is 0 Å². The summed E-state index contributed by atoms with van der Waals surface area (Å²) in [6, 6.07) is 8.05. The SMILES string of the molecule is CCC(=O)Oc1cn(CCCN2CCOCC2)c2nc(CC)n3c4ccccc4nc3c12. The lowest BCUT2D eigenvalue weighted by molar-refractivity contribution is -0.133. The molecule has 1 aromatic carbocycles. The number of ether oxygens (including phenoxy) is 2. The van der Waals surface area contributed by atoms with Crippen LogP contribution >= 0.6 is 0 Å². The van der Waals surface area contributed by atoms with E-state index in [0.717, 1.165) is 85.8 Å². The van der Waals surface area contributed by atoms with E-state index in [2.05, 4.69) is 26.9 Å². The molecule has 0 unspecified atom stereocenters. The number of para-hydroxylation sites is 2. The summed E-state index contributed by atoms with van der Waals surface area (Å²) in [4.78, 5) is 24.6. The standard InChI is InChI=1S/C24H29N5O3/c1-3-20-26-23-22(24-25-17-8-5-6-9-18(17)29(20)24)19(32-21(30)4-2)16-28(23)11-7-10-27-12-14-31-15-13-27/h5-6,8-9,16H,3-4,7,10-15H2,1-2H3. The van der Waals surface area contributed by atoms with Gasteiger partial charge < -0.3 is 14.0 Å². The third-order valence-electron chi connectivity index (χ3n) is 6.10. The first-order valence-electron chi connectivity index (χ1n) is 11.5. The molecular weight excluding hydrogens is 406 g/mol. The lowest BCUT2D eigenvalue weighted by Crippen LogP contribution is -2.37. The normalized spacial score (nSPS) is 15.2. The molecule has 1 fully saturated rings. The summed E-state index contributed by atoms with van der Waals surface area (Å²) in [6.45, 7) is 9.26. The van der Waals surface area contributed by atoms with Crippen molar-refractivity contribution >= 4 is 33.7 Å². The van der Waals surface area contributed by atoms with Crippen LogP contribution in [0, 0.1) is 0 Å². The minimum absolute atomic E-state index is 0.258. The van der Waals surface area contributed by atoms with Crippen molar-refractivity contribution in [1.82, 2.24) is 23.8 Å². The number of imidazole rings is 1. The maximum atomic E-state index is 12.2. The zero-order valence-electron chi connectivity index (χ0n) is 18.7. The molecule has 4 heterocycles. The molecule has 5 rings (SSSR count). The average molecular weight is 436 g/mol. The molecule has 8 nitrogen and oxygen atoms in total. The van der Waals surface area contributed by atoms with Crippen LogP contribution in [0.3, 0.4) is 0 Å². The summed E-state index contributed by atoms with van der Waals surface area (Å²) in [5.74, 6) is 1.22. The first kappa shape index (κ1) is 20.9. The highest BCUT2D eigenvalue weighted by atomic mass is 16.5. The highest BCUT2D eigenvalue weighted by molar-refractivity contribution is 6.00. The van der Waals surface area contributed by atoms with E-state index in [1.54, 1.807) is 6.92 Å². The summed E-state index contributed by atoms with van der Waals surface area (Å²) < 4.78 is 15.4. The second kappa shape index (κ2) is 8.88. The molecular formula is C24H29N5O3. The molecule has 0 saturated carbocycles. The molecule has 0 atom stereocenters. The fourth-order valence-electron chi connectivity index (χ4n) is 4.45. The first-order valence-corrected chi connectivity index (χ1v) is 11.5. The summed E-state index contributed by atoms with van der Waals surface area (Å²) >= 11 is 0. The van der Waals surface area contributed by atoms with Crippen LogP contribution in [0.5, 0.6) is 5.75 Å². The van der Waals surface area contributed by atoms with Crippen LogP contribution in [0.4, 0.5) is 0 Å². The van der Waals surface area contributed by atoms with Crippen molar-refractivity contribution in [3.05, 3.63) is 36.3 Å². The van der Waals surface area contributed by atoms with Crippen molar-refractivity contribution in [3.8, 4) is 5.75 Å². The Morgan fingerprint density at radius 3 is 2.69 bits per heavy atom. The predicted molar refractivity (Wildman–Crippen MR) is 123 cm³/mol. The molecule has 3 aromatic heterocycles. The van der Waals surface area contributed by atoms with Gasteiger partial charge in [0.1, 0.15) is 16.9 Å². The number of hydrogen-bond acceptors (Lipinski definition) is 6. The number of fused-ring (bicyclic) bond motifs is 5. The Morgan fingerprint density at radius 2 is 1.91 bits per heavy atom. The molecule has 32 heavy (non-hydrogen) atoms. The van der Waals surface area contributed by atoms with Crippen molar-refractivity contribution in [3.63, 3.8) is 0 Å². The van der Waals surface area contributed by atoms with Crippen LogP contribution in [-0.4, -0.2) is 62.7 Å². The zero-order chi connectivity index (χ0) is 22.1. The molecule has 168 valence electrons. The largest absolute Gasteiger partial charge is 0.424 e. The van der Waals surface area contributed by atoms with Gasteiger partial charge in [0.05, 0.1) is 24.2 Å². The van der Waals surface area contributed by atoms with Gasteiger partial charge in [0.25, 0.3) is 0 Å². The van der Waals surface area contributed by atoms with Gasteiger partial charge in [0.2, 0.25) is 0 Å². The maximum absolute atomic E-state index is 12.2. The first-order chi connectivity index (χ1) is 15.7. The van der Waals surface area contributed by atoms with E-state index in [0.29, 0.717) is 12.2 Å². The van der Waals surface area contributed by atoms with E-state index in [9.17, 15) is 4.79 Å². The van der Waals surface area contributed by atoms with Crippen LogP contribution in [-0.2, 0) is 22.5 Å². The number of carbonyl (C=O) groups excluding carboxylic acids is 1. The number of aromatic nitrogens is 4. The lowest BCUT2D eigenvalue weighted by atomic mass is 10.3. The van der Waals surface area contributed by atoms with Crippen molar-refractivity contribution in [2.45, 2.75) is 39.7 Å². The van der Waals surface area contributed by atoms with E-state index in [4.69, 9.17) is 19.4 Å². The van der Waals surface area contributed by atoms with E-state index >= 15 is 0 Å². The van der Waals surface area contributed by atoms with Crippen molar-refractivity contribution in [2.24, 2.45) is 0 Å². The number of aryl methyl sites for hydroxylation is 2. The Balaban J connectivity index is 1.60. The van der Waals surface area contributed by atoms with Gasteiger partial charge in [0.15, 0.2) is 11.4 Å². The number of hydrogen-bond donors (Lipinski definition) is 0. The number of rotatable bonds is 7. The minimum Gasteiger partial charge on any atom is -0.424 e. The number of benzene rings is 1. The molecule has 1 aliphatic heterocycles. The van der Waals surface area contributed by atoms with Gasteiger partial charge in [-0.05, 0) is 18.6 Å². The van der Waals surface area contributed by atoms with Crippen LogP contribution < -0.4 is 4.74 Å². The number of morpholine rings is 1. The number of nitrogens with zero attached hydrogens (tertiary/aromatic N) is 5. The van der Waals surface area contributed by atoms with Crippen LogP contribution in [0.25, 0.3) is 27.7 Å². The second-order valence-corrected chi connectivity index (χ2v) is 8.16. The van der Waals surface area contributed by atoms with E-state index in [1.165, 1.54) is 0 Å². The topological polar surface area (TPSA) is 73.9 Å². The molecule has 0 spiro atoms. The summed E-state index contributed by atoms with van der Waals surface area (Å²) in [5.41, 5.74) is 3.54. The molecule has 0 N–H and O–H groups in total. The number of esters is 1. The molecule has 1 saturated heterocycles. The minimum atomic E-state index is -0.258. The molecule has 8 heteroatoms. The fraction of sp³-hybridized carbons (Fsp3) is 0.458. The monoisotopic (exact) mass is 435 g/mol. The summed E-state index contributed by atoms with van der Waals surface area (Å²) in [6.07, 6.45) is 3.99. The van der Waals surface area contributed by atoms with Crippen LogP contribution in [0.2, 0.25) is 0 Å². The Bertz CT molecular complexity index is 1270. The average Bonchev–Trinajstić information content (AvgIpc) is 3.37. The highest BCUT2D eigenvalue weighted by Gasteiger charge is 2.22. The fourth-order valence-corrected chi connectivity index (χ4v) is 4.45. The lowest BCUT2D eigenvalue weighted by Gasteiger charge is -2.26. The summed E-state index contributed by atoms with van der Waals surface area (Å²) in [5, 5.41) is 0.798. The Morgan fingerprint density at radius 1 is 1.09 bits per heavy atom. The van der Waals surface area contributed by atoms with Crippen molar-refractivity contribution < 1.29 is 14.3 Å². The van der Waals surface area contributed by atoms with Gasteiger partial charge >= 0.3 is 5.97 Å². The van der Waals surface area contributed by atoms with Gasteiger partial charge in [-0.1, -0.05) is 26.0 Å². The third kappa shape index (κ3) is 3.73.